The van der Waals surface area contributed by atoms with Gasteiger partial charge in [0, 0.05) is 31.9 Å². The van der Waals surface area contributed by atoms with Crippen LogP contribution in [0.1, 0.15) is 13.3 Å². The number of benzene rings is 1. The number of sulfonamides is 1. The summed E-state index contributed by atoms with van der Waals surface area (Å²) in [5.41, 5.74) is 1.26. The minimum atomic E-state index is -3.62. The number of morpholine rings is 1. The zero-order valence-corrected chi connectivity index (χ0v) is 18.3. The van der Waals surface area contributed by atoms with Gasteiger partial charge in [-0.3, -0.25) is 0 Å². The van der Waals surface area contributed by atoms with Crippen molar-refractivity contribution in [3.8, 4) is 5.75 Å². The topological polar surface area (TPSA) is 121 Å². The first-order valence-electron chi connectivity index (χ1n) is 10.1. The summed E-state index contributed by atoms with van der Waals surface area (Å²) in [5.74, 6) is 1.48. The molecule has 1 aliphatic rings. The molecular weight excluding hydrogens is 420 g/mol. The molecule has 0 radical (unpaired) electrons. The number of methoxy groups -OCH3 is 1. The van der Waals surface area contributed by atoms with Gasteiger partial charge in [0.2, 0.25) is 16.0 Å². The second-order valence-electron chi connectivity index (χ2n) is 7.07. The molecule has 166 valence electrons. The van der Waals surface area contributed by atoms with Crippen LogP contribution in [-0.4, -0.2) is 67.6 Å². The Morgan fingerprint density at radius 1 is 1.23 bits per heavy atom. The molecule has 10 nitrogen and oxygen atoms in total. The quantitative estimate of drug-likeness (QED) is 0.483. The zero-order chi connectivity index (χ0) is 21.8. The molecule has 1 fully saturated rings. The number of nitrogens with one attached hydrogen (secondary N) is 3. The second kappa shape index (κ2) is 9.08. The van der Waals surface area contributed by atoms with Crippen LogP contribution in [-0.2, 0) is 14.8 Å². The third kappa shape index (κ3) is 4.43. The van der Waals surface area contributed by atoms with Gasteiger partial charge >= 0.3 is 0 Å². The number of hydrogen-bond donors (Lipinski definition) is 3. The summed E-state index contributed by atoms with van der Waals surface area (Å²) in [6, 6.07) is 6.65. The summed E-state index contributed by atoms with van der Waals surface area (Å²) < 4.78 is 38.0. The molecule has 3 heterocycles. The van der Waals surface area contributed by atoms with E-state index in [2.05, 4.69) is 32.5 Å². The smallest absolute Gasteiger partial charge is 0.243 e. The third-order valence-electron chi connectivity index (χ3n) is 4.99. The van der Waals surface area contributed by atoms with Gasteiger partial charge in [0.25, 0.3) is 0 Å². The van der Waals surface area contributed by atoms with E-state index in [-0.39, 0.29) is 4.90 Å². The highest BCUT2D eigenvalue weighted by Crippen LogP contribution is 2.32. The fraction of sp³-hybridized carbons (Fsp3) is 0.400. The average Bonchev–Trinajstić information content (AvgIpc) is 3.27. The molecule has 4 rings (SSSR count). The monoisotopic (exact) mass is 446 g/mol. The standard InChI is InChI=1S/C20H26N6O4S/c1-3-7-21-18-15-6-8-22-19(15)25-20(24-18)23-16-5-4-14(13-17(16)29-2)31(27,28)26-9-11-30-12-10-26/h4-6,8,13H,3,7,9-12H2,1-2H3,(H3,21,22,23,24,25). The van der Waals surface area contributed by atoms with E-state index in [0.717, 1.165) is 24.2 Å². The van der Waals surface area contributed by atoms with Crippen molar-refractivity contribution in [2.45, 2.75) is 18.2 Å². The van der Waals surface area contributed by atoms with E-state index in [0.29, 0.717) is 49.3 Å². The Hall–Kier alpha value is -2.89. The number of rotatable bonds is 8. The molecule has 0 atom stereocenters. The molecule has 31 heavy (non-hydrogen) atoms. The Balaban J connectivity index is 1.63. The first kappa shape index (κ1) is 21.3. The predicted molar refractivity (Wildman–Crippen MR) is 119 cm³/mol. The Kier molecular flexibility index (Phi) is 6.25. The molecular formula is C20H26N6O4S. The Bertz CT molecular complexity index is 1160. The first-order valence-corrected chi connectivity index (χ1v) is 11.6. The summed E-state index contributed by atoms with van der Waals surface area (Å²) in [6.07, 6.45) is 2.78. The maximum absolute atomic E-state index is 12.9. The fourth-order valence-electron chi connectivity index (χ4n) is 3.37. The third-order valence-corrected chi connectivity index (χ3v) is 6.88. The van der Waals surface area contributed by atoms with Crippen LogP contribution in [0.2, 0.25) is 0 Å². The van der Waals surface area contributed by atoms with Crippen molar-refractivity contribution < 1.29 is 17.9 Å². The number of aromatic nitrogens is 3. The van der Waals surface area contributed by atoms with Crippen LogP contribution >= 0.6 is 0 Å². The van der Waals surface area contributed by atoms with Gasteiger partial charge in [-0.25, -0.2) is 8.42 Å². The van der Waals surface area contributed by atoms with Gasteiger partial charge in [-0.05, 0) is 24.6 Å². The Labute approximate surface area is 181 Å². The highest BCUT2D eigenvalue weighted by Gasteiger charge is 2.27. The molecule has 0 bridgehead atoms. The normalized spacial score (nSPS) is 15.2. The minimum Gasteiger partial charge on any atom is -0.495 e. The van der Waals surface area contributed by atoms with Crippen LogP contribution < -0.4 is 15.4 Å². The molecule has 0 saturated carbocycles. The lowest BCUT2D eigenvalue weighted by atomic mass is 10.3. The van der Waals surface area contributed by atoms with Crippen molar-refractivity contribution >= 4 is 38.5 Å². The number of anilines is 3. The van der Waals surface area contributed by atoms with E-state index in [9.17, 15) is 8.42 Å². The number of hydrogen-bond acceptors (Lipinski definition) is 8. The maximum atomic E-state index is 12.9. The van der Waals surface area contributed by atoms with Crippen LogP contribution in [0.25, 0.3) is 11.0 Å². The van der Waals surface area contributed by atoms with Gasteiger partial charge in [0.05, 0.1) is 36.3 Å². The number of nitrogens with zero attached hydrogens (tertiary/aromatic N) is 3. The Morgan fingerprint density at radius 2 is 2.03 bits per heavy atom. The molecule has 3 aromatic rings. The van der Waals surface area contributed by atoms with Crippen LogP contribution in [0.5, 0.6) is 5.75 Å². The van der Waals surface area contributed by atoms with Crippen molar-refractivity contribution in [2.75, 3.05) is 50.6 Å². The lowest BCUT2D eigenvalue weighted by Gasteiger charge is -2.26. The van der Waals surface area contributed by atoms with Gasteiger partial charge in [-0.2, -0.15) is 14.3 Å². The van der Waals surface area contributed by atoms with Gasteiger partial charge in [0.15, 0.2) is 0 Å². The summed E-state index contributed by atoms with van der Waals surface area (Å²) in [6.45, 7) is 4.32. The van der Waals surface area contributed by atoms with E-state index in [1.54, 1.807) is 12.1 Å². The van der Waals surface area contributed by atoms with Gasteiger partial charge < -0.3 is 25.1 Å². The number of ether oxygens (including phenoxy) is 2. The SMILES string of the molecule is CCCNc1nc(Nc2ccc(S(=O)(=O)N3CCOCC3)cc2OC)nc2[nH]ccc12. The van der Waals surface area contributed by atoms with Crippen LogP contribution in [0.15, 0.2) is 35.4 Å². The summed E-state index contributed by atoms with van der Waals surface area (Å²) in [7, 11) is -2.13. The number of aromatic amines is 1. The maximum Gasteiger partial charge on any atom is 0.243 e. The molecule has 0 aliphatic carbocycles. The highest BCUT2D eigenvalue weighted by atomic mass is 32.2. The minimum absolute atomic E-state index is 0.169. The highest BCUT2D eigenvalue weighted by molar-refractivity contribution is 7.89. The van der Waals surface area contributed by atoms with E-state index >= 15 is 0 Å². The lowest BCUT2D eigenvalue weighted by molar-refractivity contribution is 0.0730. The number of fused-ring (bicyclic) bond motifs is 1. The van der Waals surface area contributed by atoms with E-state index in [1.165, 1.54) is 17.5 Å². The molecule has 1 aromatic carbocycles. The summed E-state index contributed by atoms with van der Waals surface area (Å²) >= 11 is 0. The van der Waals surface area contributed by atoms with Crippen molar-refractivity contribution in [1.82, 2.24) is 19.3 Å². The molecule has 3 N–H and O–H groups in total. The summed E-state index contributed by atoms with van der Waals surface area (Å²) in [5, 5.41) is 7.35. The van der Waals surface area contributed by atoms with E-state index < -0.39 is 10.0 Å². The lowest BCUT2D eigenvalue weighted by Crippen LogP contribution is -2.40. The largest absolute Gasteiger partial charge is 0.495 e. The van der Waals surface area contributed by atoms with Crippen LogP contribution in [0.3, 0.4) is 0 Å². The summed E-state index contributed by atoms with van der Waals surface area (Å²) in [4.78, 5) is 12.4. The average molecular weight is 447 g/mol. The number of H-pyrrole nitrogens is 1. The molecule has 1 saturated heterocycles. The van der Waals surface area contributed by atoms with Crippen LogP contribution in [0.4, 0.5) is 17.5 Å². The first-order chi connectivity index (χ1) is 15.0. The molecule has 0 spiro atoms. The van der Waals surface area contributed by atoms with Gasteiger partial charge in [-0.1, -0.05) is 6.92 Å². The van der Waals surface area contributed by atoms with Crippen molar-refractivity contribution in [2.24, 2.45) is 0 Å². The van der Waals surface area contributed by atoms with Crippen molar-refractivity contribution in [3.05, 3.63) is 30.5 Å². The fourth-order valence-corrected chi connectivity index (χ4v) is 4.79. The molecule has 0 unspecified atom stereocenters. The van der Waals surface area contributed by atoms with Crippen LogP contribution in [0, 0.1) is 0 Å². The second-order valence-corrected chi connectivity index (χ2v) is 9.00. The molecule has 11 heteroatoms. The molecule has 0 amide bonds. The molecule has 2 aromatic heterocycles. The van der Waals surface area contributed by atoms with E-state index in [1.807, 2.05) is 12.3 Å². The van der Waals surface area contributed by atoms with Crippen molar-refractivity contribution in [3.63, 3.8) is 0 Å². The van der Waals surface area contributed by atoms with E-state index in [4.69, 9.17) is 9.47 Å². The molecule has 1 aliphatic heterocycles. The predicted octanol–water partition coefficient (Wildman–Crippen LogP) is 2.55. The zero-order valence-electron chi connectivity index (χ0n) is 17.5. The Morgan fingerprint density at radius 3 is 2.77 bits per heavy atom. The van der Waals surface area contributed by atoms with Gasteiger partial charge in [0.1, 0.15) is 17.2 Å². The van der Waals surface area contributed by atoms with Crippen molar-refractivity contribution in [1.29, 1.82) is 0 Å². The van der Waals surface area contributed by atoms with Gasteiger partial charge in [-0.15, -0.1) is 0 Å².